The molecule has 0 heterocycles. The van der Waals surface area contributed by atoms with Gasteiger partial charge in [-0.05, 0) is 30.5 Å². The quantitative estimate of drug-likeness (QED) is 0.848. The average molecular weight is 302 g/mol. The van der Waals surface area contributed by atoms with E-state index >= 15 is 0 Å². The molecule has 1 aromatic rings. The molecule has 0 radical (unpaired) electrons. The Morgan fingerprint density at radius 2 is 2.00 bits per heavy atom. The number of amides is 1. The summed E-state index contributed by atoms with van der Waals surface area (Å²) in [4.78, 5) is 11.6. The van der Waals surface area contributed by atoms with Gasteiger partial charge in [0.2, 0.25) is 5.91 Å². The van der Waals surface area contributed by atoms with Crippen LogP contribution in [0.4, 0.5) is 4.39 Å². The van der Waals surface area contributed by atoms with Crippen LogP contribution in [0.1, 0.15) is 32.4 Å². The molecule has 0 aliphatic carbocycles. The molecule has 0 spiro atoms. The van der Waals surface area contributed by atoms with E-state index < -0.39 is 0 Å². The van der Waals surface area contributed by atoms with E-state index in [0.717, 1.165) is 5.56 Å². The second kappa shape index (κ2) is 6.15. The van der Waals surface area contributed by atoms with Gasteiger partial charge >= 0.3 is 0 Å². The first kappa shape index (κ1) is 14.2. The van der Waals surface area contributed by atoms with Crippen molar-refractivity contribution in [2.24, 2.45) is 5.92 Å². The molecule has 0 fully saturated rings. The summed E-state index contributed by atoms with van der Waals surface area (Å²) in [5.41, 5.74) is 0.766. The first-order chi connectivity index (χ1) is 7.91. The van der Waals surface area contributed by atoms with Crippen LogP contribution in [-0.4, -0.2) is 10.7 Å². The van der Waals surface area contributed by atoms with Gasteiger partial charge in [0.05, 0.1) is 10.9 Å². The summed E-state index contributed by atoms with van der Waals surface area (Å²) < 4.78 is 13.0. The number of carbonyl (C=O) groups is 1. The third-order valence-corrected chi connectivity index (χ3v) is 4.02. The predicted octanol–water partition coefficient (Wildman–Crippen LogP) is 3.42. The summed E-state index contributed by atoms with van der Waals surface area (Å²) >= 11 is 3.34. The molecule has 0 aliphatic rings. The molecule has 17 heavy (non-hydrogen) atoms. The monoisotopic (exact) mass is 301 g/mol. The van der Waals surface area contributed by atoms with Gasteiger partial charge in [-0.15, -0.1) is 0 Å². The van der Waals surface area contributed by atoms with Crippen molar-refractivity contribution in [3.05, 3.63) is 35.6 Å². The number of halogens is 2. The Kier molecular flexibility index (Phi) is 5.12. The third-order valence-electron chi connectivity index (χ3n) is 2.54. The van der Waals surface area contributed by atoms with E-state index in [0.29, 0.717) is 0 Å². The minimum Gasteiger partial charge on any atom is -0.349 e. The normalized spacial score (nSPS) is 14.5. The van der Waals surface area contributed by atoms with Crippen molar-refractivity contribution in [2.45, 2.75) is 31.6 Å². The Labute approximate surface area is 110 Å². The average Bonchev–Trinajstić information content (AvgIpc) is 2.27. The molecule has 2 atom stereocenters. The number of rotatable bonds is 4. The molecule has 2 nitrogen and oxygen atoms in total. The second-order valence-corrected chi connectivity index (χ2v) is 5.42. The standard InChI is InChI=1S/C13H17BrFNO/c1-8(2)12(14)13(17)16-9(3)10-5-4-6-11(15)7-10/h4-9,12H,1-3H3,(H,16,17)/t9-,12?/m0/s1. The van der Waals surface area contributed by atoms with Gasteiger partial charge < -0.3 is 5.32 Å². The molecule has 1 N–H and O–H groups in total. The highest BCUT2D eigenvalue weighted by molar-refractivity contribution is 9.10. The zero-order valence-corrected chi connectivity index (χ0v) is 11.8. The summed E-state index contributed by atoms with van der Waals surface area (Å²) in [5.74, 6) is -0.144. The Bertz CT molecular complexity index is 395. The lowest BCUT2D eigenvalue weighted by atomic mass is 10.1. The Balaban J connectivity index is 2.66. The fraction of sp³-hybridized carbons (Fsp3) is 0.462. The van der Waals surface area contributed by atoms with E-state index in [2.05, 4.69) is 21.2 Å². The van der Waals surface area contributed by atoms with Gasteiger partial charge in [0.15, 0.2) is 0 Å². The number of hydrogen-bond donors (Lipinski definition) is 1. The molecule has 1 unspecified atom stereocenters. The predicted molar refractivity (Wildman–Crippen MR) is 70.5 cm³/mol. The SMILES string of the molecule is CC(C)C(Br)C(=O)N[C@@H](C)c1cccc(F)c1. The van der Waals surface area contributed by atoms with Crippen LogP contribution in [0.3, 0.4) is 0 Å². The van der Waals surface area contributed by atoms with E-state index in [1.165, 1.54) is 12.1 Å². The van der Waals surface area contributed by atoms with Crippen LogP contribution in [0.2, 0.25) is 0 Å². The van der Waals surface area contributed by atoms with Crippen LogP contribution in [-0.2, 0) is 4.79 Å². The largest absolute Gasteiger partial charge is 0.349 e. The van der Waals surface area contributed by atoms with E-state index in [9.17, 15) is 9.18 Å². The lowest BCUT2D eigenvalue weighted by Gasteiger charge is -2.19. The molecule has 0 aliphatic heterocycles. The first-order valence-electron chi connectivity index (χ1n) is 5.61. The van der Waals surface area contributed by atoms with Crippen LogP contribution in [0, 0.1) is 11.7 Å². The topological polar surface area (TPSA) is 29.1 Å². The summed E-state index contributed by atoms with van der Waals surface area (Å²) in [6.07, 6.45) is 0. The highest BCUT2D eigenvalue weighted by Crippen LogP contribution is 2.17. The second-order valence-electron chi connectivity index (χ2n) is 4.43. The Hall–Kier alpha value is -0.900. The van der Waals surface area contributed by atoms with E-state index in [4.69, 9.17) is 0 Å². The van der Waals surface area contributed by atoms with Gasteiger partial charge in [0, 0.05) is 0 Å². The minimum absolute atomic E-state index is 0.0724. The minimum atomic E-state index is -0.289. The molecule has 1 amide bonds. The maximum Gasteiger partial charge on any atom is 0.234 e. The summed E-state index contributed by atoms with van der Waals surface area (Å²) in [6.45, 7) is 5.77. The van der Waals surface area contributed by atoms with Crippen molar-refractivity contribution in [2.75, 3.05) is 0 Å². The highest BCUT2D eigenvalue weighted by atomic mass is 79.9. The number of nitrogens with one attached hydrogen (secondary N) is 1. The molecule has 94 valence electrons. The fourth-order valence-electron chi connectivity index (χ4n) is 1.46. The van der Waals surface area contributed by atoms with Crippen LogP contribution in [0.25, 0.3) is 0 Å². The van der Waals surface area contributed by atoms with Crippen molar-refractivity contribution in [3.8, 4) is 0 Å². The lowest BCUT2D eigenvalue weighted by Crippen LogP contribution is -2.35. The van der Waals surface area contributed by atoms with Gasteiger partial charge in [0.1, 0.15) is 5.82 Å². The third kappa shape index (κ3) is 4.11. The molecule has 4 heteroatoms. The van der Waals surface area contributed by atoms with E-state index in [-0.39, 0.29) is 28.5 Å². The zero-order valence-electron chi connectivity index (χ0n) is 10.2. The fourth-order valence-corrected chi connectivity index (χ4v) is 1.59. The van der Waals surface area contributed by atoms with Crippen LogP contribution >= 0.6 is 15.9 Å². The molecule has 1 rings (SSSR count). The number of benzene rings is 1. The van der Waals surface area contributed by atoms with Crippen molar-refractivity contribution in [1.29, 1.82) is 0 Å². The Morgan fingerprint density at radius 3 is 2.53 bits per heavy atom. The maximum absolute atomic E-state index is 13.0. The molecule has 0 aromatic heterocycles. The maximum atomic E-state index is 13.0. The number of hydrogen-bond acceptors (Lipinski definition) is 1. The first-order valence-corrected chi connectivity index (χ1v) is 6.53. The van der Waals surface area contributed by atoms with Gasteiger partial charge in [0.25, 0.3) is 0 Å². The molecule has 0 saturated carbocycles. The lowest BCUT2D eigenvalue weighted by molar-refractivity contribution is -0.121. The van der Waals surface area contributed by atoms with Gasteiger partial charge in [-0.3, -0.25) is 4.79 Å². The summed E-state index contributed by atoms with van der Waals surface area (Å²) in [6, 6.07) is 6.06. The Morgan fingerprint density at radius 1 is 1.35 bits per heavy atom. The van der Waals surface area contributed by atoms with Crippen molar-refractivity contribution in [3.63, 3.8) is 0 Å². The van der Waals surface area contributed by atoms with E-state index in [1.54, 1.807) is 12.1 Å². The van der Waals surface area contributed by atoms with Gasteiger partial charge in [-0.2, -0.15) is 0 Å². The summed E-state index contributed by atoms with van der Waals surface area (Å²) in [7, 11) is 0. The number of carbonyl (C=O) groups excluding carboxylic acids is 1. The molecule has 1 aromatic carbocycles. The van der Waals surface area contributed by atoms with Crippen LogP contribution in [0.5, 0.6) is 0 Å². The highest BCUT2D eigenvalue weighted by Gasteiger charge is 2.20. The zero-order chi connectivity index (χ0) is 13.0. The molecular formula is C13H17BrFNO. The molecule has 0 bridgehead atoms. The van der Waals surface area contributed by atoms with Crippen LogP contribution < -0.4 is 5.32 Å². The smallest absolute Gasteiger partial charge is 0.234 e. The summed E-state index contributed by atoms with van der Waals surface area (Å²) in [5, 5.41) is 2.85. The van der Waals surface area contributed by atoms with Gasteiger partial charge in [-0.25, -0.2) is 4.39 Å². The van der Waals surface area contributed by atoms with Gasteiger partial charge in [-0.1, -0.05) is 41.9 Å². The van der Waals surface area contributed by atoms with Crippen LogP contribution in [0.15, 0.2) is 24.3 Å². The molecule has 0 saturated heterocycles. The van der Waals surface area contributed by atoms with Crippen molar-refractivity contribution in [1.82, 2.24) is 5.32 Å². The number of alkyl halides is 1. The van der Waals surface area contributed by atoms with E-state index in [1.807, 2.05) is 20.8 Å². The molecular weight excluding hydrogens is 285 g/mol. The van der Waals surface area contributed by atoms with Crippen molar-refractivity contribution >= 4 is 21.8 Å². The van der Waals surface area contributed by atoms with Crippen molar-refractivity contribution < 1.29 is 9.18 Å².